The summed E-state index contributed by atoms with van der Waals surface area (Å²) in [5, 5.41) is 15.0. The zero-order chi connectivity index (χ0) is 15.1. The van der Waals surface area contributed by atoms with E-state index in [4.69, 9.17) is 21.3 Å². The number of anilines is 1. The van der Waals surface area contributed by atoms with Crippen molar-refractivity contribution in [1.82, 2.24) is 5.32 Å². The van der Waals surface area contributed by atoms with Crippen molar-refractivity contribution in [2.24, 2.45) is 0 Å². The van der Waals surface area contributed by atoms with Crippen LogP contribution in [-0.4, -0.2) is 5.91 Å². The standard InChI is InChI=1S/C15H12ClN3O2/c16-12-3-1-4-13(7-12)18-9-11(8-17)15(20)19-10-14-5-2-6-21-14/h1-7,9,18H,10H2,(H,19,20)/b11-9-. The lowest BCUT2D eigenvalue weighted by Gasteiger charge is -2.04. The fraction of sp³-hybridized carbons (Fsp3) is 0.0667. The molecule has 0 aliphatic rings. The van der Waals surface area contributed by atoms with Crippen molar-refractivity contribution in [3.8, 4) is 6.07 Å². The predicted octanol–water partition coefficient (Wildman–Crippen LogP) is 3.07. The summed E-state index contributed by atoms with van der Waals surface area (Å²) in [6.07, 6.45) is 2.85. The van der Waals surface area contributed by atoms with Crippen LogP contribution in [0.3, 0.4) is 0 Å². The van der Waals surface area contributed by atoms with Gasteiger partial charge in [-0.15, -0.1) is 0 Å². The maximum Gasteiger partial charge on any atom is 0.263 e. The van der Waals surface area contributed by atoms with E-state index >= 15 is 0 Å². The summed E-state index contributed by atoms with van der Waals surface area (Å²) in [5.41, 5.74) is 0.649. The van der Waals surface area contributed by atoms with E-state index in [9.17, 15) is 4.79 Å². The monoisotopic (exact) mass is 301 g/mol. The number of hydrogen-bond donors (Lipinski definition) is 2. The molecular weight excluding hydrogens is 290 g/mol. The lowest BCUT2D eigenvalue weighted by molar-refractivity contribution is -0.117. The molecule has 0 unspecified atom stereocenters. The first-order valence-electron chi connectivity index (χ1n) is 6.12. The van der Waals surface area contributed by atoms with Gasteiger partial charge in [-0.2, -0.15) is 5.26 Å². The van der Waals surface area contributed by atoms with Gasteiger partial charge in [-0.3, -0.25) is 4.79 Å². The molecule has 0 spiro atoms. The minimum atomic E-state index is -0.483. The molecule has 21 heavy (non-hydrogen) atoms. The quantitative estimate of drug-likeness (QED) is 0.657. The van der Waals surface area contributed by atoms with Crippen molar-refractivity contribution in [3.63, 3.8) is 0 Å². The number of rotatable bonds is 5. The van der Waals surface area contributed by atoms with E-state index in [0.717, 1.165) is 0 Å². The molecule has 5 nitrogen and oxygen atoms in total. The second-order valence-corrected chi connectivity index (χ2v) is 4.52. The smallest absolute Gasteiger partial charge is 0.263 e. The van der Waals surface area contributed by atoms with E-state index in [1.807, 2.05) is 6.07 Å². The normalized spacial score (nSPS) is 10.8. The van der Waals surface area contributed by atoms with Crippen LogP contribution in [0.1, 0.15) is 5.76 Å². The van der Waals surface area contributed by atoms with Crippen LogP contribution in [-0.2, 0) is 11.3 Å². The van der Waals surface area contributed by atoms with Crippen molar-refractivity contribution in [3.05, 3.63) is 65.2 Å². The van der Waals surface area contributed by atoms with Gasteiger partial charge in [0.2, 0.25) is 0 Å². The number of nitrogens with zero attached hydrogens (tertiary/aromatic N) is 1. The number of hydrogen-bond acceptors (Lipinski definition) is 4. The highest BCUT2D eigenvalue weighted by molar-refractivity contribution is 6.30. The molecule has 1 amide bonds. The molecule has 0 radical (unpaired) electrons. The van der Waals surface area contributed by atoms with Gasteiger partial charge in [0.25, 0.3) is 5.91 Å². The summed E-state index contributed by atoms with van der Waals surface area (Å²) >= 11 is 5.85. The molecule has 0 aliphatic heterocycles. The van der Waals surface area contributed by atoms with Gasteiger partial charge in [0, 0.05) is 16.9 Å². The van der Waals surface area contributed by atoms with Gasteiger partial charge in [-0.1, -0.05) is 17.7 Å². The molecule has 1 aromatic heterocycles. The highest BCUT2D eigenvalue weighted by Crippen LogP contribution is 2.15. The van der Waals surface area contributed by atoms with Crippen LogP contribution in [0.5, 0.6) is 0 Å². The maximum atomic E-state index is 11.8. The van der Waals surface area contributed by atoms with Crippen LogP contribution in [0.2, 0.25) is 5.02 Å². The van der Waals surface area contributed by atoms with Crippen molar-refractivity contribution in [2.45, 2.75) is 6.54 Å². The molecule has 0 saturated carbocycles. The molecule has 0 saturated heterocycles. The van der Waals surface area contributed by atoms with Gasteiger partial charge in [-0.25, -0.2) is 0 Å². The number of nitrogens with one attached hydrogen (secondary N) is 2. The van der Waals surface area contributed by atoms with Crippen LogP contribution in [0.15, 0.2) is 58.9 Å². The number of nitriles is 1. The molecule has 0 fully saturated rings. The molecule has 1 aromatic carbocycles. The molecule has 106 valence electrons. The van der Waals surface area contributed by atoms with Gasteiger partial charge >= 0.3 is 0 Å². The predicted molar refractivity (Wildman–Crippen MR) is 79.3 cm³/mol. The Balaban J connectivity index is 1.96. The number of benzene rings is 1. The Hall–Kier alpha value is -2.71. The minimum Gasteiger partial charge on any atom is -0.467 e. The third kappa shape index (κ3) is 4.41. The second-order valence-electron chi connectivity index (χ2n) is 4.09. The van der Waals surface area contributed by atoms with Gasteiger partial charge in [0.1, 0.15) is 17.4 Å². The summed E-state index contributed by atoms with van der Waals surface area (Å²) < 4.78 is 5.09. The third-order valence-electron chi connectivity index (χ3n) is 2.58. The third-order valence-corrected chi connectivity index (χ3v) is 2.81. The summed E-state index contributed by atoms with van der Waals surface area (Å²) in [4.78, 5) is 11.8. The summed E-state index contributed by atoms with van der Waals surface area (Å²) in [6, 6.07) is 12.3. The molecule has 2 aromatic rings. The van der Waals surface area contributed by atoms with Crippen LogP contribution in [0.25, 0.3) is 0 Å². The topological polar surface area (TPSA) is 78.1 Å². The van der Waals surface area contributed by atoms with Crippen molar-refractivity contribution >= 4 is 23.2 Å². The number of furan rings is 1. The average molecular weight is 302 g/mol. The highest BCUT2D eigenvalue weighted by atomic mass is 35.5. The zero-order valence-corrected chi connectivity index (χ0v) is 11.7. The lowest BCUT2D eigenvalue weighted by atomic mass is 10.2. The van der Waals surface area contributed by atoms with E-state index in [-0.39, 0.29) is 12.1 Å². The van der Waals surface area contributed by atoms with E-state index in [1.165, 1.54) is 12.5 Å². The van der Waals surface area contributed by atoms with Gasteiger partial charge < -0.3 is 15.1 Å². The lowest BCUT2D eigenvalue weighted by Crippen LogP contribution is -2.24. The Morgan fingerprint density at radius 1 is 1.38 bits per heavy atom. The fourth-order valence-corrected chi connectivity index (χ4v) is 1.75. The van der Waals surface area contributed by atoms with Crippen LogP contribution < -0.4 is 10.6 Å². The Labute approximate surface area is 126 Å². The minimum absolute atomic E-state index is 0.0402. The molecule has 2 N–H and O–H groups in total. The highest BCUT2D eigenvalue weighted by Gasteiger charge is 2.09. The van der Waals surface area contributed by atoms with Crippen molar-refractivity contribution < 1.29 is 9.21 Å². The summed E-state index contributed by atoms with van der Waals surface area (Å²) in [5.74, 6) is 0.131. The Morgan fingerprint density at radius 3 is 2.90 bits per heavy atom. The average Bonchev–Trinajstić information content (AvgIpc) is 2.99. The first-order valence-corrected chi connectivity index (χ1v) is 6.50. The number of amides is 1. The SMILES string of the molecule is N#C/C(=C/Nc1cccc(Cl)c1)C(=O)NCc1ccco1. The van der Waals surface area contributed by atoms with E-state index < -0.39 is 5.91 Å². The van der Waals surface area contributed by atoms with E-state index in [1.54, 1.807) is 36.4 Å². The van der Waals surface area contributed by atoms with Gasteiger partial charge in [0.05, 0.1) is 12.8 Å². The summed E-state index contributed by atoms with van der Waals surface area (Å²) in [7, 11) is 0. The number of halogens is 1. The molecule has 0 bridgehead atoms. The molecular formula is C15H12ClN3O2. The summed E-state index contributed by atoms with van der Waals surface area (Å²) in [6.45, 7) is 0.224. The zero-order valence-electron chi connectivity index (χ0n) is 11.0. The van der Waals surface area contributed by atoms with Gasteiger partial charge in [-0.05, 0) is 30.3 Å². The van der Waals surface area contributed by atoms with Crippen molar-refractivity contribution in [2.75, 3.05) is 5.32 Å². The van der Waals surface area contributed by atoms with Crippen LogP contribution >= 0.6 is 11.6 Å². The Kier molecular flexibility index (Phi) is 5.02. The Morgan fingerprint density at radius 2 is 2.24 bits per heavy atom. The molecule has 6 heteroatoms. The van der Waals surface area contributed by atoms with Gasteiger partial charge in [0.15, 0.2) is 0 Å². The Bertz CT molecular complexity index is 687. The van der Waals surface area contributed by atoms with Crippen LogP contribution in [0, 0.1) is 11.3 Å². The van der Waals surface area contributed by atoms with E-state index in [2.05, 4.69) is 10.6 Å². The number of carbonyl (C=O) groups is 1. The number of carbonyl (C=O) groups excluding carboxylic acids is 1. The van der Waals surface area contributed by atoms with Crippen LogP contribution in [0.4, 0.5) is 5.69 Å². The molecule has 0 aliphatic carbocycles. The fourth-order valence-electron chi connectivity index (χ4n) is 1.56. The van der Waals surface area contributed by atoms with Crippen molar-refractivity contribution in [1.29, 1.82) is 5.26 Å². The van der Waals surface area contributed by atoms with E-state index in [0.29, 0.717) is 16.5 Å². The maximum absolute atomic E-state index is 11.8. The largest absolute Gasteiger partial charge is 0.467 e. The first kappa shape index (κ1) is 14.7. The first-order chi connectivity index (χ1) is 10.2. The second kappa shape index (κ2) is 7.17. The molecule has 2 rings (SSSR count). The molecule has 0 atom stereocenters. The molecule has 1 heterocycles.